The van der Waals surface area contributed by atoms with Gasteiger partial charge in [0.15, 0.2) is 12.2 Å². The lowest BCUT2D eigenvalue weighted by atomic mass is 9.99. The number of phosphoric acid groups is 2. The van der Waals surface area contributed by atoms with Crippen molar-refractivity contribution >= 4 is 39.5 Å². The second-order valence-corrected chi connectivity index (χ2v) is 30.6. The second kappa shape index (κ2) is 61.6. The Labute approximate surface area is 556 Å². The first-order valence-electron chi connectivity index (χ1n) is 37.2. The minimum absolute atomic E-state index is 0.103. The van der Waals surface area contributed by atoms with Gasteiger partial charge >= 0.3 is 39.5 Å². The Bertz CT molecular complexity index is 1800. The highest BCUT2D eigenvalue weighted by Gasteiger charge is 2.30. The van der Waals surface area contributed by atoms with Crippen LogP contribution in [0.5, 0.6) is 0 Å². The molecule has 6 atom stereocenters. The molecule has 17 nitrogen and oxygen atoms in total. The molecule has 540 valence electrons. The van der Waals surface area contributed by atoms with Crippen LogP contribution in [-0.2, 0) is 65.4 Å². The van der Waals surface area contributed by atoms with Gasteiger partial charge in [0.1, 0.15) is 19.3 Å². The van der Waals surface area contributed by atoms with Crippen molar-refractivity contribution in [3.8, 4) is 0 Å². The molecule has 0 spiro atoms. The normalized spacial score (nSPS) is 14.5. The third-order valence-electron chi connectivity index (χ3n) is 16.9. The van der Waals surface area contributed by atoms with Gasteiger partial charge < -0.3 is 33.8 Å². The molecular weight excluding hydrogens is 1200 g/mol. The lowest BCUT2D eigenvalue weighted by Gasteiger charge is -2.21. The van der Waals surface area contributed by atoms with E-state index < -0.39 is 97.5 Å². The van der Waals surface area contributed by atoms with Crippen LogP contribution in [0, 0.1) is 23.7 Å². The van der Waals surface area contributed by atoms with Gasteiger partial charge in [0, 0.05) is 25.7 Å². The second-order valence-electron chi connectivity index (χ2n) is 27.6. The van der Waals surface area contributed by atoms with Crippen LogP contribution in [-0.4, -0.2) is 96.7 Å². The molecular formula is C72H140O17P2. The monoisotopic (exact) mass is 1340 g/mol. The van der Waals surface area contributed by atoms with E-state index >= 15 is 0 Å². The molecule has 3 N–H and O–H groups in total. The molecule has 0 amide bonds. The van der Waals surface area contributed by atoms with E-state index in [2.05, 4.69) is 55.4 Å². The molecule has 19 heteroatoms. The molecule has 0 aromatic carbocycles. The van der Waals surface area contributed by atoms with Crippen LogP contribution in [0.15, 0.2) is 0 Å². The van der Waals surface area contributed by atoms with Gasteiger partial charge in [-0.3, -0.25) is 37.3 Å². The summed E-state index contributed by atoms with van der Waals surface area (Å²) in [4.78, 5) is 72.5. The van der Waals surface area contributed by atoms with Crippen molar-refractivity contribution < 1.29 is 80.2 Å². The van der Waals surface area contributed by atoms with Gasteiger partial charge in [-0.05, 0) is 49.4 Å². The zero-order chi connectivity index (χ0) is 67.5. The fourth-order valence-corrected chi connectivity index (χ4v) is 12.4. The molecule has 3 unspecified atom stereocenters. The molecule has 0 aliphatic carbocycles. The van der Waals surface area contributed by atoms with Gasteiger partial charge in [-0.1, -0.05) is 306 Å². The summed E-state index contributed by atoms with van der Waals surface area (Å²) in [6, 6.07) is 0. The minimum atomic E-state index is -4.95. The van der Waals surface area contributed by atoms with Crippen molar-refractivity contribution in [3.05, 3.63) is 0 Å². The number of carbonyl (C=O) groups excluding carboxylic acids is 4. The SMILES string of the molecule is CCC(C)CCCCCCCCCCCCC(=O)O[C@H](COC(=O)CCCCCCCCC(C)C)COP(=O)(O)OC[C@H](O)COP(=O)(O)OC[C@@H](COC(=O)CCCCCCCCCCCCCCCCCC(C)C)OC(=O)CCCCCCCCCC(C)C. The number of aliphatic hydroxyl groups excluding tert-OH is 1. The third-order valence-corrected chi connectivity index (χ3v) is 18.8. The number of rotatable bonds is 69. The van der Waals surface area contributed by atoms with E-state index in [0.29, 0.717) is 37.5 Å². The molecule has 91 heavy (non-hydrogen) atoms. The lowest BCUT2D eigenvalue weighted by molar-refractivity contribution is -0.161. The van der Waals surface area contributed by atoms with E-state index in [4.69, 9.17) is 37.0 Å². The van der Waals surface area contributed by atoms with Crippen LogP contribution < -0.4 is 0 Å². The summed E-state index contributed by atoms with van der Waals surface area (Å²) >= 11 is 0. The molecule has 0 heterocycles. The maximum absolute atomic E-state index is 13.0. The quantitative estimate of drug-likeness (QED) is 0.0222. The van der Waals surface area contributed by atoms with Crippen molar-refractivity contribution in [2.45, 2.75) is 375 Å². The molecule has 0 fully saturated rings. The van der Waals surface area contributed by atoms with E-state index in [9.17, 15) is 43.2 Å². The van der Waals surface area contributed by atoms with Crippen LogP contribution in [0.25, 0.3) is 0 Å². The predicted molar refractivity (Wildman–Crippen MR) is 367 cm³/mol. The van der Waals surface area contributed by atoms with E-state index in [-0.39, 0.29) is 25.7 Å². The number of esters is 4. The van der Waals surface area contributed by atoms with Gasteiger partial charge in [-0.15, -0.1) is 0 Å². The molecule has 0 radical (unpaired) electrons. The summed E-state index contributed by atoms with van der Waals surface area (Å²) in [5.74, 6) is 0.854. The summed E-state index contributed by atoms with van der Waals surface area (Å²) in [5, 5.41) is 10.6. The molecule has 0 aliphatic heterocycles. The zero-order valence-corrected chi connectivity index (χ0v) is 61.3. The molecule has 0 aliphatic rings. The predicted octanol–water partition coefficient (Wildman–Crippen LogP) is 20.5. The maximum atomic E-state index is 13.0. The highest BCUT2D eigenvalue weighted by atomic mass is 31.2. The Hall–Kier alpha value is -1.94. The number of carbonyl (C=O) groups is 4. The van der Waals surface area contributed by atoms with Crippen molar-refractivity contribution in [1.82, 2.24) is 0 Å². The third kappa shape index (κ3) is 65.1. The van der Waals surface area contributed by atoms with Gasteiger partial charge in [0.2, 0.25) is 0 Å². The van der Waals surface area contributed by atoms with Crippen LogP contribution in [0.2, 0.25) is 0 Å². The van der Waals surface area contributed by atoms with Crippen molar-refractivity contribution in [2.75, 3.05) is 39.6 Å². The van der Waals surface area contributed by atoms with Gasteiger partial charge in [0.25, 0.3) is 0 Å². The Morgan fingerprint density at radius 1 is 0.308 bits per heavy atom. The highest BCUT2D eigenvalue weighted by Crippen LogP contribution is 2.45. The smallest absolute Gasteiger partial charge is 0.462 e. The van der Waals surface area contributed by atoms with E-state index in [1.807, 2.05) is 0 Å². The first kappa shape index (κ1) is 89.1. The lowest BCUT2D eigenvalue weighted by Crippen LogP contribution is -2.30. The Kier molecular flexibility index (Phi) is 60.3. The van der Waals surface area contributed by atoms with Gasteiger partial charge in [-0.25, -0.2) is 9.13 Å². The minimum Gasteiger partial charge on any atom is -0.462 e. The fraction of sp³-hybridized carbons (Fsp3) is 0.944. The average molecular weight is 1340 g/mol. The van der Waals surface area contributed by atoms with Crippen LogP contribution in [0.4, 0.5) is 0 Å². The highest BCUT2D eigenvalue weighted by molar-refractivity contribution is 7.47. The first-order chi connectivity index (χ1) is 43.6. The summed E-state index contributed by atoms with van der Waals surface area (Å²) in [6.07, 6.45) is 44.7. The molecule has 0 aromatic rings. The molecule has 0 rings (SSSR count). The van der Waals surface area contributed by atoms with Crippen LogP contribution in [0.1, 0.15) is 357 Å². The van der Waals surface area contributed by atoms with Crippen molar-refractivity contribution in [1.29, 1.82) is 0 Å². The van der Waals surface area contributed by atoms with E-state index in [1.165, 1.54) is 154 Å². The summed E-state index contributed by atoms with van der Waals surface area (Å²) in [6.45, 7) is 14.1. The molecule has 0 saturated carbocycles. The standard InChI is InChI=1S/C72H140O17P2/c1-9-65(8)51-43-35-26-20-17-18-22-28-38-46-54-71(76)88-68(59-83-70(75)53-45-37-31-30-34-42-50-64(6)7)61-87-91(80,81)85-57-66(73)56-84-90(78,79)86-60-67(89-72(77)55-47-39-29-23-25-33-41-49-63(4)5)58-82-69(74)52-44-36-27-21-16-14-12-10-11-13-15-19-24-32-40-48-62(2)3/h62-68,73H,9-61H2,1-8H3,(H,78,79)(H,80,81)/t65?,66-,67-,68-/m1/s1. The summed E-state index contributed by atoms with van der Waals surface area (Å²) < 4.78 is 68.3. The Balaban J connectivity index is 5.19. The van der Waals surface area contributed by atoms with E-state index in [0.717, 1.165) is 108 Å². The van der Waals surface area contributed by atoms with Crippen molar-refractivity contribution in [3.63, 3.8) is 0 Å². The van der Waals surface area contributed by atoms with Gasteiger partial charge in [0.05, 0.1) is 26.4 Å². The number of hydrogen-bond acceptors (Lipinski definition) is 15. The summed E-state index contributed by atoms with van der Waals surface area (Å²) in [5.41, 5.74) is 0. The van der Waals surface area contributed by atoms with Crippen LogP contribution >= 0.6 is 15.6 Å². The number of unbranched alkanes of at least 4 members (excludes halogenated alkanes) is 34. The largest absolute Gasteiger partial charge is 0.472 e. The zero-order valence-electron chi connectivity index (χ0n) is 59.5. The molecule has 0 aromatic heterocycles. The molecule has 0 bridgehead atoms. The van der Waals surface area contributed by atoms with Crippen LogP contribution in [0.3, 0.4) is 0 Å². The Morgan fingerprint density at radius 2 is 0.527 bits per heavy atom. The van der Waals surface area contributed by atoms with Gasteiger partial charge in [-0.2, -0.15) is 0 Å². The number of ether oxygens (including phenoxy) is 4. The van der Waals surface area contributed by atoms with Crippen molar-refractivity contribution in [2.24, 2.45) is 23.7 Å². The average Bonchev–Trinajstić information content (AvgIpc) is 2.84. The van der Waals surface area contributed by atoms with E-state index in [1.54, 1.807) is 0 Å². The topological polar surface area (TPSA) is 237 Å². The fourth-order valence-electron chi connectivity index (χ4n) is 10.8. The number of aliphatic hydroxyl groups is 1. The first-order valence-corrected chi connectivity index (χ1v) is 40.2. The maximum Gasteiger partial charge on any atom is 0.472 e. The number of hydrogen-bond donors (Lipinski definition) is 3. The molecule has 0 saturated heterocycles. The number of phosphoric ester groups is 2. The summed E-state index contributed by atoms with van der Waals surface area (Å²) in [7, 11) is -9.90. The Morgan fingerprint density at radius 3 is 0.780 bits per heavy atom.